The summed E-state index contributed by atoms with van der Waals surface area (Å²) in [5.41, 5.74) is 2.34. The van der Waals surface area contributed by atoms with Crippen molar-refractivity contribution < 1.29 is 19.4 Å². The van der Waals surface area contributed by atoms with Crippen LogP contribution in [0.1, 0.15) is 44.7 Å². The van der Waals surface area contributed by atoms with Gasteiger partial charge in [-0.15, -0.1) is 0 Å². The van der Waals surface area contributed by atoms with E-state index in [2.05, 4.69) is 33.8 Å². The topological polar surface area (TPSA) is 66.8 Å². The SMILES string of the molecule is Cc1ccc(OC2CN(C(=O)CCC(=O)O)C2)c(C(C)(C)C)c1. The molecule has 1 aromatic carbocycles. The van der Waals surface area contributed by atoms with Crippen molar-refractivity contribution in [2.45, 2.75) is 52.1 Å². The van der Waals surface area contributed by atoms with E-state index in [1.54, 1.807) is 4.90 Å². The Morgan fingerprint density at radius 2 is 1.91 bits per heavy atom. The third-order valence-electron chi connectivity index (χ3n) is 3.99. The highest BCUT2D eigenvalue weighted by atomic mass is 16.5. The van der Waals surface area contributed by atoms with Crippen molar-refractivity contribution in [3.8, 4) is 5.75 Å². The molecular formula is C18H25NO4. The molecular weight excluding hydrogens is 294 g/mol. The molecule has 1 amide bonds. The fraction of sp³-hybridized carbons (Fsp3) is 0.556. The molecule has 2 rings (SSSR count). The van der Waals surface area contributed by atoms with Crippen molar-refractivity contribution in [2.24, 2.45) is 0 Å². The van der Waals surface area contributed by atoms with Gasteiger partial charge in [-0.05, 0) is 24.0 Å². The van der Waals surface area contributed by atoms with E-state index in [1.165, 1.54) is 5.56 Å². The Hall–Kier alpha value is -2.04. The quantitative estimate of drug-likeness (QED) is 0.906. The van der Waals surface area contributed by atoms with Gasteiger partial charge in [0.15, 0.2) is 0 Å². The summed E-state index contributed by atoms with van der Waals surface area (Å²) >= 11 is 0. The number of carboxylic acid groups (broad SMARTS) is 1. The predicted molar refractivity (Wildman–Crippen MR) is 87.7 cm³/mol. The summed E-state index contributed by atoms with van der Waals surface area (Å²) in [5, 5.41) is 8.62. The molecule has 126 valence electrons. The first-order valence-electron chi connectivity index (χ1n) is 7.94. The minimum atomic E-state index is -0.943. The second-order valence-corrected chi connectivity index (χ2v) is 7.18. The number of hydrogen-bond donors (Lipinski definition) is 1. The number of aliphatic carboxylic acids is 1. The number of rotatable bonds is 5. The second kappa shape index (κ2) is 6.60. The number of aryl methyl sites for hydroxylation is 1. The highest BCUT2D eigenvalue weighted by molar-refractivity contribution is 5.81. The van der Waals surface area contributed by atoms with Gasteiger partial charge < -0.3 is 14.7 Å². The fourth-order valence-electron chi connectivity index (χ4n) is 2.60. The molecule has 1 N–H and O–H groups in total. The minimum absolute atomic E-state index is 0.0118. The van der Waals surface area contributed by atoms with Crippen LogP contribution in [0.5, 0.6) is 5.75 Å². The lowest BCUT2D eigenvalue weighted by Crippen LogP contribution is -2.56. The van der Waals surface area contributed by atoms with Gasteiger partial charge in [-0.1, -0.05) is 38.5 Å². The van der Waals surface area contributed by atoms with Crippen molar-refractivity contribution in [1.29, 1.82) is 0 Å². The lowest BCUT2D eigenvalue weighted by atomic mass is 9.85. The van der Waals surface area contributed by atoms with Gasteiger partial charge in [0.2, 0.25) is 5.91 Å². The normalized spacial score (nSPS) is 15.2. The third kappa shape index (κ3) is 4.47. The summed E-state index contributed by atoms with van der Waals surface area (Å²) in [6, 6.07) is 6.16. The molecule has 1 saturated heterocycles. The van der Waals surface area contributed by atoms with Crippen LogP contribution in [-0.4, -0.2) is 41.1 Å². The third-order valence-corrected chi connectivity index (χ3v) is 3.99. The number of carboxylic acids is 1. The smallest absolute Gasteiger partial charge is 0.303 e. The van der Waals surface area contributed by atoms with E-state index >= 15 is 0 Å². The number of likely N-dealkylation sites (tertiary alicyclic amines) is 1. The van der Waals surface area contributed by atoms with Gasteiger partial charge in [0.25, 0.3) is 0 Å². The summed E-state index contributed by atoms with van der Waals surface area (Å²) in [7, 11) is 0. The molecule has 0 radical (unpaired) electrons. The lowest BCUT2D eigenvalue weighted by Gasteiger charge is -2.40. The highest BCUT2D eigenvalue weighted by Gasteiger charge is 2.33. The van der Waals surface area contributed by atoms with Crippen molar-refractivity contribution in [3.05, 3.63) is 29.3 Å². The van der Waals surface area contributed by atoms with Crippen molar-refractivity contribution >= 4 is 11.9 Å². The zero-order valence-corrected chi connectivity index (χ0v) is 14.3. The van der Waals surface area contributed by atoms with Crippen LogP contribution in [0, 0.1) is 6.92 Å². The Morgan fingerprint density at radius 1 is 1.26 bits per heavy atom. The maximum Gasteiger partial charge on any atom is 0.303 e. The molecule has 0 spiro atoms. The Morgan fingerprint density at radius 3 is 2.48 bits per heavy atom. The molecule has 1 heterocycles. The molecule has 5 nitrogen and oxygen atoms in total. The van der Waals surface area contributed by atoms with Crippen LogP contribution < -0.4 is 4.74 Å². The zero-order valence-electron chi connectivity index (χ0n) is 14.3. The largest absolute Gasteiger partial charge is 0.486 e. The number of benzene rings is 1. The second-order valence-electron chi connectivity index (χ2n) is 7.18. The molecule has 0 aliphatic carbocycles. The Labute approximate surface area is 137 Å². The monoisotopic (exact) mass is 319 g/mol. The molecule has 0 bridgehead atoms. The van der Waals surface area contributed by atoms with Gasteiger partial charge in [0.1, 0.15) is 11.9 Å². The summed E-state index contributed by atoms with van der Waals surface area (Å²) in [6.45, 7) is 9.56. The molecule has 1 aliphatic heterocycles. The maximum atomic E-state index is 11.8. The van der Waals surface area contributed by atoms with Gasteiger partial charge in [0, 0.05) is 6.42 Å². The average Bonchev–Trinajstić information content (AvgIpc) is 2.40. The lowest BCUT2D eigenvalue weighted by molar-refractivity contribution is -0.144. The van der Waals surface area contributed by atoms with Crippen LogP contribution in [0.2, 0.25) is 0 Å². The van der Waals surface area contributed by atoms with Crippen LogP contribution >= 0.6 is 0 Å². The van der Waals surface area contributed by atoms with E-state index in [4.69, 9.17) is 9.84 Å². The van der Waals surface area contributed by atoms with Gasteiger partial charge in [-0.25, -0.2) is 0 Å². The Kier molecular flexibility index (Phi) is 4.97. The van der Waals surface area contributed by atoms with Crippen LogP contribution in [0.4, 0.5) is 0 Å². The van der Waals surface area contributed by atoms with Gasteiger partial charge in [0.05, 0.1) is 19.5 Å². The van der Waals surface area contributed by atoms with E-state index < -0.39 is 5.97 Å². The first kappa shape index (κ1) is 17.3. The molecule has 0 unspecified atom stereocenters. The van der Waals surface area contributed by atoms with E-state index in [1.807, 2.05) is 12.1 Å². The number of ether oxygens (including phenoxy) is 1. The number of amides is 1. The van der Waals surface area contributed by atoms with Crippen molar-refractivity contribution in [2.75, 3.05) is 13.1 Å². The predicted octanol–water partition coefficient (Wildman–Crippen LogP) is 2.75. The highest BCUT2D eigenvalue weighted by Crippen LogP contribution is 2.33. The number of hydrogen-bond acceptors (Lipinski definition) is 3. The van der Waals surface area contributed by atoms with Crippen LogP contribution in [-0.2, 0) is 15.0 Å². The van der Waals surface area contributed by atoms with E-state index in [0.29, 0.717) is 13.1 Å². The first-order chi connectivity index (χ1) is 10.7. The van der Waals surface area contributed by atoms with Gasteiger partial charge >= 0.3 is 5.97 Å². The van der Waals surface area contributed by atoms with E-state index in [0.717, 1.165) is 11.3 Å². The number of carbonyl (C=O) groups is 2. The van der Waals surface area contributed by atoms with Crippen LogP contribution in [0.25, 0.3) is 0 Å². The van der Waals surface area contributed by atoms with Crippen molar-refractivity contribution in [3.63, 3.8) is 0 Å². The van der Waals surface area contributed by atoms with Crippen LogP contribution in [0.15, 0.2) is 18.2 Å². The van der Waals surface area contributed by atoms with Gasteiger partial charge in [-0.3, -0.25) is 9.59 Å². The molecule has 1 aromatic rings. The summed E-state index contributed by atoms with van der Waals surface area (Å²) in [5.74, 6) is -0.195. The minimum Gasteiger partial charge on any atom is -0.486 e. The van der Waals surface area contributed by atoms with E-state index in [-0.39, 0.29) is 30.3 Å². The fourth-order valence-corrected chi connectivity index (χ4v) is 2.60. The molecule has 1 aliphatic rings. The molecule has 0 saturated carbocycles. The average molecular weight is 319 g/mol. The Balaban J connectivity index is 1.93. The zero-order chi connectivity index (χ0) is 17.2. The Bertz CT molecular complexity index is 598. The first-order valence-corrected chi connectivity index (χ1v) is 7.94. The van der Waals surface area contributed by atoms with Gasteiger partial charge in [-0.2, -0.15) is 0 Å². The summed E-state index contributed by atoms with van der Waals surface area (Å²) in [4.78, 5) is 24.0. The van der Waals surface area contributed by atoms with Crippen LogP contribution in [0.3, 0.4) is 0 Å². The number of nitrogens with zero attached hydrogens (tertiary/aromatic N) is 1. The molecule has 1 fully saturated rings. The molecule has 0 atom stereocenters. The molecule has 5 heteroatoms. The standard InChI is InChI=1S/C18H25NO4/c1-12-5-6-15(14(9-12)18(2,3)4)23-13-10-19(11-13)16(20)7-8-17(21)22/h5-6,9,13H,7-8,10-11H2,1-4H3,(H,21,22). The number of carbonyl (C=O) groups excluding carboxylic acids is 1. The van der Waals surface area contributed by atoms with E-state index in [9.17, 15) is 9.59 Å². The maximum absolute atomic E-state index is 11.8. The molecule has 0 aromatic heterocycles. The summed E-state index contributed by atoms with van der Waals surface area (Å²) < 4.78 is 6.06. The summed E-state index contributed by atoms with van der Waals surface area (Å²) in [6.07, 6.45) is -0.0834. The van der Waals surface area contributed by atoms with Crippen molar-refractivity contribution in [1.82, 2.24) is 4.90 Å². The molecule has 23 heavy (non-hydrogen) atoms.